The Labute approximate surface area is 124 Å². The van der Waals surface area contributed by atoms with Crippen LogP contribution in [0.2, 0.25) is 0 Å². The molecule has 0 saturated carbocycles. The smallest absolute Gasteiger partial charge is 0.226 e. The van der Waals surface area contributed by atoms with Crippen molar-refractivity contribution in [3.63, 3.8) is 0 Å². The lowest BCUT2D eigenvalue weighted by atomic mass is 10.2. The van der Waals surface area contributed by atoms with Crippen LogP contribution in [-0.2, 0) is 4.79 Å². The first-order valence-corrected chi connectivity index (χ1v) is 6.16. The third-order valence-electron chi connectivity index (χ3n) is 2.61. The highest BCUT2D eigenvalue weighted by Gasteiger charge is 2.07. The quantitative estimate of drug-likeness (QED) is 0.890. The van der Waals surface area contributed by atoms with Gasteiger partial charge in [0, 0.05) is 24.2 Å². The van der Waals surface area contributed by atoms with Crippen molar-refractivity contribution in [3.8, 4) is 11.5 Å². The Morgan fingerprint density at radius 1 is 1.40 bits per heavy atom. The fourth-order valence-corrected chi connectivity index (χ4v) is 1.68. The Bertz CT molecular complexity index is 569. The highest BCUT2D eigenvalue weighted by molar-refractivity contribution is 5.91. The van der Waals surface area contributed by atoms with Crippen LogP contribution < -0.4 is 10.6 Å². The number of rotatable bonds is 5. The first-order valence-electron chi connectivity index (χ1n) is 6.16. The number of nitrogens with zero attached hydrogens (tertiary/aromatic N) is 1. The molecule has 0 aliphatic heterocycles. The maximum absolute atomic E-state index is 11.6. The largest absolute Gasteiger partial charge is 0.444 e. The van der Waals surface area contributed by atoms with Gasteiger partial charge in [-0.1, -0.05) is 6.07 Å². The third kappa shape index (κ3) is 4.36. The number of nitrogens with one attached hydrogen (secondary N) is 2. The maximum atomic E-state index is 11.6. The van der Waals surface area contributed by atoms with Gasteiger partial charge >= 0.3 is 0 Å². The number of aryl methyl sites for hydroxylation is 1. The Morgan fingerprint density at radius 3 is 2.85 bits per heavy atom. The van der Waals surface area contributed by atoms with E-state index in [2.05, 4.69) is 15.6 Å². The Morgan fingerprint density at radius 2 is 2.20 bits per heavy atom. The van der Waals surface area contributed by atoms with E-state index in [-0.39, 0.29) is 18.3 Å². The van der Waals surface area contributed by atoms with Crippen molar-refractivity contribution in [2.24, 2.45) is 0 Å². The zero-order valence-electron chi connectivity index (χ0n) is 11.5. The van der Waals surface area contributed by atoms with Gasteiger partial charge in [0.1, 0.15) is 6.26 Å². The van der Waals surface area contributed by atoms with Gasteiger partial charge in [-0.15, -0.1) is 12.4 Å². The predicted molar refractivity (Wildman–Crippen MR) is 81.1 cm³/mol. The number of amides is 1. The number of hydrogen-bond acceptors (Lipinski definition) is 4. The average molecular weight is 296 g/mol. The molecule has 0 fully saturated rings. The highest BCUT2D eigenvalue weighted by atomic mass is 35.5. The minimum atomic E-state index is -0.0184. The highest BCUT2D eigenvalue weighted by Crippen LogP contribution is 2.21. The number of halogens is 1. The van der Waals surface area contributed by atoms with Crippen LogP contribution in [0.4, 0.5) is 5.69 Å². The van der Waals surface area contributed by atoms with E-state index in [4.69, 9.17) is 4.42 Å². The van der Waals surface area contributed by atoms with Crippen LogP contribution in [0.5, 0.6) is 0 Å². The van der Waals surface area contributed by atoms with Crippen LogP contribution in [0.1, 0.15) is 12.1 Å². The summed E-state index contributed by atoms with van der Waals surface area (Å²) in [6.07, 6.45) is 2.05. The van der Waals surface area contributed by atoms with Crippen molar-refractivity contribution in [1.29, 1.82) is 0 Å². The van der Waals surface area contributed by atoms with Crippen molar-refractivity contribution >= 4 is 24.0 Å². The van der Waals surface area contributed by atoms with Gasteiger partial charge in [0.15, 0.2) is 0 Å². The molecular weight excluding hydrogens is 278 g/mol. The Balaban J connectivity index is 0.00000200. The standard InChI is InChI=1S/C14H17N3O2.ClH/c1-10-9-19-14(16-10)11-4-3-5-12(8-11)17-13(18)6-7-15-2;/h3-5,8-9,15H,6-7H2,1-2H3,(H,17,18);1H. The number of hydrogen-bond donors (Lipinski definition) is 2. The van der Waals surface area contributed by atoms with Crippen molar-refractivity contribution < 1.29 is 9.21 Å². The minimum Gasteiger partial charge on any atom is -0.444 e. The first-order chi connectivity index (χ1) is 9.19. The number of carbonyl (C=O) groups is 1. The van der Waals surface area contributed by atoms with Gasteiger partial charge in [0.05, 0.1) is 5.69 Å². The van der Waals surface area contributed by atoms with E-state index in [0.717, 1.165) is 16.9 Å². The predicted octanol–water partition coefficient (Wildman–Crippen LogP) is 2.62. The number of carbonyl (C=O) groups excluding carboxylic acids is 1. The zero-order valence-corrected chi connectivity index (χ0v) is 12.3. The lowest BCUT2D eigenvalue weighted by Gasteiger charge is -2.06. The second-order valence-electron chi connectivity index (χ2n) is 4.28. The summed E-state index contributed by atoms with van der Waals surface area (Å²) in [6.45, 7) is 2.53. The van der Waals surface area contributed by atoms with E-state index in [0.29, 0.717) is 18.9 Å². The molecule has 108 valence electrons. The number of anilines is 1. The van der Waals surface area contributed by atoms with Gasteiger partial charge in [0.2, 0.25) is 11.8 Å². The van der Waals surface area contributed by atoms with Crippen LogP contribution in [0.15, 0.2) is 34.9 Å². The molecule has 1 amide bonds. The Hall–Kier alpha value is -1.85. The molecule has 1 aromatic carbocycles. The van der Waals surface area contributed by atoms with Gasteiger partial charge in [0.25, 0.3) is 0 Å². The first kappa shape index (κ1) is 16.2. The Kier molecular flexibility index (Phi) is 6.21. The van der Waals surface area contributed by atoms with E-state index in [9.17, 15) is 4.79 Å². The second-order valence-corrected chi connectivity index (χ2v) is 4.28. The molecule has 6 heteroatoms. The van der Waals surface area contributed by atoms with Crippen molar-refractivity contribution in [2.45, 2.75) is 13.3 Å². The third-order valence-corrected chi connectivity index (χ3v) is 2.61. The summed E-state index contributed by atoms with van der Waals surface area (Å²) >= 11 is 0. The number of aromatic nitrogens is 1. The van der Waals surface area contributed by atoms with Gasteiger partial charge in [-0.2, -0.15) is 0 Å². The maximum Gasteiger partial charge on any atom is 0.226 e. The summed E-state index contributed by atoms with van der Waals surface area (Å²) < 4.78 is 5.34. The van der Waals surface area contributed by atoms with Gasteiger partial charge < -0.3 is 15.1 Å². The summed E-state index contributed by atoms with van der Waals surface area (Å²) in [5.41, 5.74) is 2.42. The second kappa shape index (κ2) is 7.67. The van der Waals surface area contributed by atoms with Crippen LogP contribution in [0, 0.1) is 6.92 Å². The van der Waals surface area contributed by atoms with Crippen molar-refractivity contribution in [3.05, 3.63) is 36.2 Å². The summed E-state index contributed by atoms with van der Waals surface area (Å²) in [7, 11) is 1.82. The summed E-state index contributed by atoms with van der Waals surface area (Å²) in [6, 6.07) is 7.45. The summed E-state index contributed by atoms with van der Waals surface area (Å²) in [5.74, 6) is 0.541. The average Bonchev–Trinajstić information content (AvgIpc) is 2.83. The molecule has 0 bridgehead atoms. The zero-order chi connectivity index (χ0) is 13.7. The molecule has 2 rings (SSSR count). The van der Waals surface area contributed by atoms with E-state index < -0.39 is 0 Å². The lowest BCUT2D eigenvalue weighted by Crippen LogP contribution is -2.18. The van der Waals surface area contributed by atoms with Gasteiger partial charge in [-0.05, 0) is 32.2 Å². The molecule has 20 heavy (non-hydrogen) atoms. The fourth-order valence-electron chi connectivity index (χ4n) is 1.68. The molecule has 2 aromatic rings. The number of benzene rings is 1. The van der Waals surface area contributed by atoms with Crippen molar-refractivity contribution in [1.82, 2.24) is 10.3 Å². The van der Waals surface area contributed by atoms with E-state index in [1.54, 1.807) is 6.26 Å². The molecule has 1 heterocycles. The van der Waals surface area contributed by atoms with Crippen LogP contribution in [0.3, 0.4) is 0 Å². The summed E-state index contributed by atoms with van der Waals surface area (Å²) in [4.78, 5) is 15.9. The lowest BCUT2D eigenvalue weighted by molar-refractivity contribution is -0.116. The SMILES string of the molecule is CNCCC(=O)Nc1cccc(-c2nc(C)co2)c1.Cl. The molecule has 0 radical (unpaired) electrons. The topological polar surface area (TPSA) is 67.2 Å². The van der Waals surface area contributed by atoms with Crippen LogP contribution in [-0.4, -0.2) is 24.5 Å². The normalized spacial score (nSPS) is 9.90. The van der Waals surface area contributed by atoms with E-state index in [1.165, 1.54) is 0 Å². The van der Waals surface area contributed by atoms with Gasteiger partial charge in [-0.25, -0.2) is 4.98 Å². The molecule has 0 aliphatic rings. The molecule has 0 unspecified atom stereocenters. The molecule has 2 N–H and O–H groups in total. The molecule has 0 saturated heterocycles. The van der Waals surface area contributed by atoms with Crippen molar-refractivity contribution in [2.75, 3.05) is 18.9 Å². The van der Waals surface area contributed by atoms with Gasteiger partial charge in [-0.3, -0.25) is 4.79 Å². The summed E-state index contributed by atoms with van der Waals surface area (Å²) in [5, 5.41) is 5.78. The molecule has 0 atom stereocenters. The molecule has 1 aromatic heterocycles. The van der Waals surface area contributed by atoms with E-state index >= 15 is 0 Å². The van der Waals surface area contributed by atoms with E-state index in [1.807, 2.05) is 38.2 Å². The molecular formula is C14H18ClN3O2. The van der Waals surface area contributed by atoms with Crippen LogP contribution in [0.25, 0.3) is 11.5 Å². The molecule has 5 nitrogen and oxygen atoms in total. The molecule has 0 spiro atoms. The number of oxazole rings is 1. The molecule has 0 aliphatic carbocycles. The monoisotopic (exact) mass is 295 g/mol. The minimum absolute atomic E-state index is 0. The van der Waals surface area contributed by atoms with Crippen LogP contribution >= 0.6 is 12.4 Å². The fraction of sp³-hybridized carbons (Fsp3) is 0.286.